The maximum absolute atomic E-state index is 13.5. The summed E-state index contributed by atoms with van der Waals surface area (Å²) >= 11 is 5.65. The van der Waals surface area contributed by atoms with Crippen LogP contribution >= 0.6 is 11.6 Å². The average molecular weight is 419 g/mol. The van der Waals surface area contributed by atoms with Crippen LogP contribution in [0.3, 0.4) is 0 Å². The molecule has 1 heterocycles. The highest BCUT2D eigenvalue weighted by Crippen LogP contribution is 2.35. The summed E-state index contributed by atoms with van der Waals surface area (Å²) in [5.41, 5.74) is 1.79. The van der Waals surface area contributed by atoms with E-state index in [-0.39, 0.29) is 10.8 Å². The van der Waals surface area contributed by atoms with Crippen molar-refractivity contribution in [1.82, 2.24) is 0 Å². The van der Waals surface area contributed by atoms with Gasteiger partial charge in [0.25, 0.3) is 0 Å². The van der Waals surface area contributed by atoms with E-state index in [9.17, 15) is 9.18 Å². The lowest BCUT2D eigenvalue weighted by Crippen LogP contribution is -2.20. The quantitative estimate of drug-likeness (QED) is 0.209. The minimum Gasteiger partial charge on any atom is -0.423 e. The van der Waals surface area contributed by atoms with Crippen LogP contribution in [0.15, 0.2) is 42.5 Å². The van der Waals surface area contributed by atoms with Gasteiger partial charge in [0.15, 0.2) is 0 Å². The fraction of sp³-hybridized carbons (Fsp3) is 0.435. The molecule has 1 fully saturated rings. The lowest BCUT2D eigenvalue weighted by molar-refractivity contribution is 0.0734. The Morgan fingerprint density at radius 2 is 1.86 bits per heavy atom. The molecule has 2 nitrogen and oxygen atoms in total. The van der Waals surface area contributed by atoms with Crippen molar-refractivity contribution in [2.75, 3.05) is 0 Å². The average Bonchev–Trinajstić information content (AvgIpc) is 2.72. The predicted molar refractivity (Wildman–Crippen MR) is 116 cm³/mol. The molecule has 0 amide bonds. The molecule has 1 saturated heterocycles. The Morgan fingerprint density at radius 3 is 2.50 bits per heavy atom. The normalized spacial score (nSPS) is 19.4. The Bertz CT molecular complexity index is 786. The summed E-state index contributed by atoms with van der Waals surface area (Å²) < 4.78 is 18.7. The van der Waals surface area contributed by atoms with Crippen LogP contribution in [0.1, 0.15) is 60.9 Å². The van der Waals surface area contributed by atoms with E-state index in [0.29, 0.717) is 11.5 Å². The highest BCUT2D eigenvalue weighted by molar-refractivity contribution is 6.59. The fourth-order valence-electron chi connectivity index (χ4n) is 4.07. The molecule has 3 rings (SSSR count). The molecule has 5 heteroatoms. The molecule has 0 aliphatic carbocycles. The fourth-order valence-corrected chi connectivity index (χ4v) is 7.66. The van der Waals surface area contributed by atoms with Gasteiger partial charge in [-0.15, -0.1) is 0 Å². The summed E-state index contributed by atoms with van der Waals surface area (Å²) in [5, 5.41) is 0.00676. The van der Waals surface area contributed by atoms with Gasteiger partial charge < -0.3 is 4.74 Å². The van der Waals surface area contributed by atoms with Crippen molar-refractivity contribution >= 4 is 26.4 Å². The summed E-state index contributed by atoms with van der Waals surface area (Å²) in [6.07, 6.45) is 6.69. The molecular formula is C23H28ClFO2Si. The first kappa shape index (κ1) is 21.1. The summed E-state index contributed by atoms with van der Waals surface area (Å²) in [4.78, 5) is 12.3. The number of hydrogen-bond acceptors (Lipinski definition) is 2. The number of rotatable bonds is 7. The molecule has 1 aliphatic rings. The summed E-state index contributed by atoms with van der Waals surface area (Å²) in [5.74, 6) is -0.316. The first-order chi connectivity index (χ1) is 13.6. The van der Waals surface area contributed by atoms with Gasteiger partial charge in [-0.25, -0.2) is 9.18 Å². The third-order valence-electron chi connectivity index (χ3n) is 5.78. The second kappa shape index (κ2) is 10.2. The number of halogens is 2. The first-order valence-electron chi connectivity index (χ1n) is 10.3. The number of carbonyl (C=O) groups excluding carboxylic acids is 1. The van der Waals surface area contributed by atoms with Crippen LogP contribution in [-0.4, -0.2) is 14.8 Å². The van der Waals surface area contributed by atoms with Gasteiger partial charge in [-0.3, -0.25) is 0 Å². The minimum absolute atomic E-state index is 0.00676. The van der Waals surface area contributed by atoms with Gasteiger partial charge in [0, 0.05) is 14.9 Å². The number of benzene rings is 2. The molecule has 1 aliphatic heterocycles. The van der Waals surface area contributed by atoms with Gasteiger partial charge in [0.05, 0.1) is 10.6 Å². The number of esters is 1. The van der Waals surface area contributed by atoms with Gasteiger partial charge in [-0.1, -0.05) is 68.1 Å². The van der Waals surface area contributed by atoms with Gasteiger partial charge in [-0.05, 0) is 48.6 Å². The van der Waals surface area contributed by atoms with Crippen molar-refractivity contribution in [2.24, 2.45) is 0 Å². The highest BCUT2D eigenvalue weighted by atomic mass is 35.5. The third kappa shape index (κ3) is 5.68. The van der Waals surface area contributed by atoms with E-state index >= 15 is 0 Å². The van der Waals surface area contributed by atoms with E-state index in [1.54, 1.807) is 0 Å². The summed E-state index contributed by atoms with van der Waals surface area (Å²) in [6.45, 7) is 2.27. The van der Waals surface area contributed by atoms with E-state index in [1.807, 2.05) is 24.3 Å². The highest BCUT2D eigenvalue weighted by Gasteiger charge is 2.23. The van der Waals surface area contributed by atoms with Crippen LogP contribution in [0.4, 0.5) is 4.39 Å². The zero-order valence-electron chi connectivity index (χ0n) is 16.4. The van der Waals surface area contributed by atoms with Gasteiger partial charge in [-0.2, -0.15) is 0 Å². The number of unbranched alkanes of at least 4 members (excludes halogenated alkanes) is 2. The van der Waals surface area contributed by atoms with E-state index < -0.39 is 20.6 Å². The topological polar surface area (TPSA) is 26.3 Å². The third-order valence-corrected chi connectivity index (χ3v) is 9.61. The first-order valence-corrected chi connectivity index (χ1v) is 13.2. The molecule has 150 valence electrons. The minimum atomic E-state index is -0.601. The Kier molecular flexibility index (Phi) is 7.69. The smallest absolute Gasteiger partial charge is 0.343 e. The number of carbonyl (C=O) groups is 1. The maximum Gasteiger partial charge on any atom is 0.343 e. The molecule has 0 spiro atoms. The van der Waals surface area contributed by atoms with Crippen molar-refractivity contribution in [3.8, 4) is 5.75 Å². The Balaban J connectivity index is 1.53. The summed E-state index contributed by atoms with van der Waals surface area (Å²) in [7, 11) is -0.508. The van der Waals surface area contributed by atoms with Crippen LogP contribution in [0.5, 0.6) is 5.75 Å². The Labute approximate surface area is 173 Å². The van der Waals surface area contributed by atoms with Crippen molar-refractivity contribution in [3.05, 3.63) is 64.4 Å². The van der Waals surface area contributed by atoms with Crippen molar-refractivity contribution in [3.63, 3.8) is 0 Å². The van der Waals surface area contributed by atoms with E-state index in [4.69, 9.17) is 16.3 Å². The van der Waals surface area contributed by atoms with Crippen LogP contribution in [0, 0.1) is 5.82 Å². The Morgan fingerprint density at radius 1 is 1.14 bits per heavy atom. The number of hydrogen-bond donors (Lipinski definition) is 0. The zero-order valence-corrected chi connectivity index (χ0v) is 18.3. The van der Waals surface area contributed by atoms with Crippen molar-refractivity contribution in [2.45, 2.75) is 63.1 Å². The second-order valence-electron chi connectivity index (χ2n) is 7.80. The molecule has 0 radical (unpaired) electrons. The van der Waals surface area contributed by atoms with Gasteiger partial charge in [0.1, 0.15) is 11.6 Å². The zero-order chi connectivity index (χ0) is 19.9. The van der Waals surface area contributed by atoms with Crippen LogP contribution < -0.4 is 4.74 Å². The molecule has 0 aromatic heterocycles. The molecule has 2 aromatic rings. The monoisotopic (exact) mass is 418 g/mol. The van der Waals surface area contributed by atoms with Gasteiger partial charge in [0.2, 0.25) is 0 Å². The molecule has 0 atom stereocenters. The largest absolute Gasteiger partial charge is 0.423 e. The van der Waals surface area contributed by atoms with E-state index in [0.717, 1.165) is 6.07 Å². The SMILES string of the molecule is CCCCC[SiH]1CCC(c2ccc(C(=O)Oc3ccc(Cl)c(F)c3)cc2)CC1. The van der Waals surface area contributed by atoms with Crippen LogP contribution in [-0.2, 0) is 0 Å². The molecule has 0 N–H and O–H groups in total. The van der Waals surface area contributed by atoms with Crippen LogP contribution in [0.2, 0.25) is 23.2 Å². The lowest BCUT2D eigenvalue weighted by Gasteiger charge is -2.28. The number of ether oxygens (including phenoxy) is 1. The molecule has 28 heavy (non-hydrogen) atoms. The van der Waals surface area contributed by atoms with E-state index in [1.165, 1.54) is 67.9 Å². The van der Waals surface area contributed by atoms with E-state index in [2.05, 4.69) is 6.92 Å². The second-order valence-corrected chi connectivity index (χ2v) is 11.7. The molecule has 0 bridgehead atoms. The van der Waals surface area contributed by atoms with Gasteiger partial charge >= 0.3 is 5.97 Å². The molecule has 0 unspecified atom stereocenters. The maximum atomic E-state index is 13.5. The Hall–Kier alpha value is -1.65. The van der Waals surface area contributed by atoms with Crippen LogP contribution in [0.25, 0.3) is 0 Å². The lowest BCUT2D eigenvalue weighted by atomic mass is 9.93. The summed E-state index contributed by atoms with van der Waals surface area (Å²) in [6, 6.07) is 16.1. The van der Waals surface area contributed by atoms with Crippen molar-refractivity contribution in [1.29, 1.82) is 0 Å². The predicted octanol–water partition coefficient (Wildman–Crippen LogP) is 6.99. The molecule has 0 saturated carbocycles. The molecular weight excluding hydrogens is 391 g/mol. The standard InChI is InChI=1S/C23H28ClFO2Si/c1-2-3-4-13-28-14-11-18(12-15-28)17-5-7-19(8-6-17)23(26)27-20-9-10-21(24)22(25)16-20/h5-10,16,18,28H,2-4,11-15H2,1H3. The van der Waals surface area contributed by atoms with Crippen molar-refractivity contribution < 1.29 is 13.9 Å². The molecule has 2 aromatic carbocycles.